The highest BCUT2D eigenvalue weighted by Crippen LogP contribution is 2.24. The summed E-state index contributed by atoms with van der Waals surface area (Å²) in [5.41, 5.74) is 4.47. The van der Waals surface area contributed by atoms with Crippen molar-refractivity contribution in [2.75, 3.05) is 19.4 Å². The van der Waals surface area contributed by atoms with Crippen molar-refractivity contribution in [1.29, 1.82) is 0 Å². The van der Waals surface area contributed by atoms with Gasteiger partial charge >= 0.3 is 0 Å². The molecule has 0 radical (unpaired) electrons. The summed E-state index contributed by atoms with van der Waals surface area (Å²) in [6, 6.07) is 24.5. The molecule has 3 aromatic rings. The number of aryl methyl sites for hydroxylation is 1. The van der Waals surface area contributed by atoms with Crippen molar-refractivity contribution < 1.29 is 9.59 Å². The first-order valence-corrected chi connectivity index (χ1v) is 9.91. The number of hydrogen-bond donors (Lipinski definition) is 2. The standard InChI is InChI=1S/C25H27N3O2/c1-18-9-15-22(16-10-18)27-25(30)23(20-7-5-4-6-8-20)28(3)17-19-11-13-21(14-12-19)24(29)26-2/h4-16,23H,17H2,1-3H3,(H,26,29)(H,27,30)/t23-/m1/s1. The molecule has 5 nitrogen and oxygen atoms in total. The van der Waals surface area contributed by atoms with E-state index >= 15 is 0 Å². The van der Waals surface area contributed by atoms with E-state index in [1.165, 1.54) is 0 Å². The SMILES string of the molecule is CNC(=O)c1ccc(CN(C)[C@@H](C(=O)Nc2ccc(C)cc2)c2ccccc2)cc1. The van der Waals surface area contributed by atoms with Gasteiger partial charge < -0.3 is 10.6 Å². The third-order valence-electron chi connectivity index (χ3n) is 5.00. The third-order valence-corrected chi connectivity index (χ3v) is 5.00. The minimum absolute atomic E-state index is 0.0884. The van der Waals surface area contributed by atoms with Gasteiger partial charge in [-0.05, 0) is 49.4 Å². The van der Waals surface area contributed by atoms with E-state index in [4.69, 9.17) is 0 Å². The molecule has 5 heteroatoms. The Morgan fingerprint density at radius 1 is 0.900 bits per heavy atom. The third kappa shape index (κ3) is 5.33. The summed E-state index contributed by atoms with van der Waals surface area (Å²) < 4.78 is 0. The summed E-state index contributed by atoms with van der Waals surface area (Å²) in [6.45, 7) is 2.58. The molecular formula is C25H27N3O2. The molecule has 30 heavy (non-hydrogen) atoms. The molecule has 3 aromatic carbocycles. The van der Waals surface area contributed by atoms with Crippen LogP contribution in [0.3, 0.4) is 0 Å². The quantitative estimate of drug-likeness (QED) is 0.625. The fraction of sp³-hybridized carbons (Fsp3) is 0.200. The van der Waals surface area contributed by atoms with E-state index < -0.39 is 6.04 Å². The Morgan fingerprint density at radius 3 is 2.13 bits per heavy atom. The van der Waals surface area contributed by atoms with E-state index in [1.807, 2.05) is 85.6 Å². The molecule has 154 valence electrons. The van der Waals surface area contributed by atoms with Crippen LogP contribution in [0.1, 0.15) is 33.1 Å². The van der Waals surface area contributed by atoms with Crippen LogP contribution < -0.4 is 10.6 Å². The van der Waals surface area contributed by atoms with Crippen LogP contribution in [0.4, 0.5) is 5.69 Å². The lowest BCUT2D eigenvalue weighted by Gasteiger charge is -2.28. The Bertz CT molecular complexity index is 983. The van der Waals surface area contributed by atoms with E-state index in [1.54, 1.807) is 19.2 Å². The molecule has 0 spiro atoms. The summed E-state index contributed by atoms with van der Waals surface area (Å²) in [4.78, 5) is 27.0. The first-order valence-electron chi connectivity index (χ1n) is 9.91. The van der Waals surface area contributed by atoms with Gasteiger partial charge in [0.15, 0.2) is 0 Å². The maximum Gasteiger partial charge on any atom is 0.251 e. The maximum atomic E-state index is 13.2. The highest BCUT2D eigenvalue weighted by Gasteiger charge is 2.25. The molecule has 0 heterocycles. The van der Waals surface area contributed by atoms with Gasteiger partial charge in [0.2, 0.25) is 5.91 Å². The molecule has 0 aliphatic carbocycles. The first-order chi connectivity index (χ1) is 14.5. The zero-order valence-corrected chi connectivity index (χ0v) is 17.6. The van der Waals surface area contributed by atoms with Crippen LogP contribution in [0, 0.1) is 6.92 Å². The lowest BCUT2D eigenvalue weighted by Crippen LogP contribution is -2.34. The second-order valence-electron chi connectivity index (χ2n) is 7.36. The molecular weight excluding hydrogens is 374 g/mol. The van der Waals surface area contributed by atoms with Crippen LogP contribution in [0.2, 0.25) is 0 Å². The van der Waals surface area contributed by atoms with Crippen LogP contribution in [-0.2, 0) is 11.3 Å². The number of rotatable bonds is 7. The number of nitrogens with zero attached hydrogens (tertiary/aromatic N) is 1. The highest BCUT2D eigenvalue weighted by atomic mass is 16.2. The summed E-state index contributed by atoms with van der Waals surface area (Å²) in [7, 11) is 3.54. The second-order valence-corrected chi connectivity index (χ2v) is 7.36. The van der Waals surface area contributed by atoms with E-state index in [0.29, 0.717) is 12.1 Å². The Hall–Kier alpha value is -3.44. The summed E-state index contributed by atoms with van der Waals surface area (Å²) in [6.07, 6.45) is 0. The zero-order chi connectivity index (χ0) is 21.5. The van der Waals surface area contributed by atoms with Gasteiger partial charge in [-0.3, -0.25) is 14.5 Å². The number of carbonyl (C=O) groups is 2. The lowest BCUT2D eigenvalue weighted by molar-refractivity contribution is -0.121. The van der Waals surface area contributed by atoms with Crippen molar-refractivity contribution in [3.8, 4) is 0 Å². The van der Waals surface area contributed by atoms with Gasteiger partial charge in [0, 0.05) is 24.8 Å². The van der Waals surface area contributed by atoms with Gasteiger partial charge in [-0.25, -0.2) is 0 Å². The highest BCUT2D eigenvalue weighted by molar-refractivity contribution is 5.95. The van der Waals surface area contributed by atoms with E-state index in [9.17, 15) is 9.59 Å². The maximum absolute atomic E-state index is 13.2. The molecule has 2 amide bonds. The minimum atomic E-state index is -0.453. The molecule has 0 fully saturated rings. The van der Waals surface area contributed by atoms with Crippen molar-refractivity contribution in [3.63, 3.8) is 0 Å². The topological polar surface area (TPSA) is 61.4 Å². The van der Waals surface area contributed by atoms with E-state index in [0.717, 1.165) is 22.4 Å². The Morgan fingerprint density at radius 2 is 1.53 bits per heavy atom. The normalized spacial score (nSPS) is 11.7. The number of hydrogen-bond acceptors (Lipinski definition) is 3. The number of likely N-dealkylation sites (N-methyl/N-ethyl adjacent to an activating group) is 1. The second kappa shape index (κ2) is 9.85. The summed E-state index contributed by atoms with van der Waals surface area (Å²) in [5.74, 6) is -0.205. The Balaban J connectivity index is 1.80. The van der Waals surface area contributed by atoms with Crippen molar-refractivity contribution >= 4 is 17.5 Å². The van der Waals surface area contributed by atoms with Gasteiger partial charge in [-0.1, -0.05) is 60.2 Å². The van der Waals surface area contributed by atoms with Crippen LogP contribution in [0.5, 0.6) is 0 Å². The molecule has 1 atom stereocenters. The van der Waals surface area contributed by atoms with E-state index in [2.05, 4.69) is 10.6 Å². The number of benzene rings is 3. The number of nitrogens with one attached hydrogen (secondary N) is 2. The predicted octanol–water partition coefficient (Wildman–Crippen LogP) is 4.17. The smallest absolute Gasteiger partial charge is 0.251 e. The molecule has 0 aromatic heterocycles. The summed E-state index contributed by atoms with van der Waals surface area (Å²) in [5, 5.41) is 5.65. The fourth-order valence-corrected chi connectivity index (χ4v) is 3.37. The van der Waals surface area contributed by atoms with Gasteiger partial charge in [0.05, 0.1) is 0 Å². The van der Waals surface area contributed by atoms with Crippen molar-refractivity contribution in [1.82, 2.24) is 10.2 Å². The van der Waals surface area contributed by atoms with Crippen molar-refractivity contribution in [3.05, 3.63) is 101 Å². The first kappa shape index (κ1) is 21.3. The molecule has 0 aliphatic rings. The van der Waals surface area contributed by atoms with Crippen LogP contribution in [0.15, 0.2) is 78.9 Å². The van der Waals surface area contributed by atoms with Gasteiger partial charge in [-0.2, -0.15) is 0 Å². The molecule has 0 bridgehead atoms. The summed E-state index contributed by atoms with van der Waals surface area (Å²) >= 11 is 0. The average molecular weight is 402 g/mol. The average Bonchev–Trinajstić information content (AvgIpc) is 2.76. The number of carbonyl (C=O) groups excluding carboxylic acids is 2. The Labute approximate surface area is 177 Å². The van der Waals surface area contributed by atoms with Gasteiger partial charge in [0.25, 0.3) is 5.91 Å². The molecule has 3 rings (SSSR count). The largest absolute Gasteiger partial charge is 0.355 e. The van der Waals surface area contributed by atoms with Gasteiger partial charge in [0.1, 0.15) is 6.04 Å². The predicted molar refractivity (Wildman–Crippen MR) is 120 cm³/mol. The zero-order valence-electron chi connectivity index (χ0n) is 17.6. The molecule has 2 N–H and O–H groups in total. The fourth-order valence-electron chi connectivity index (χ4n) is 3.37. The van der Waals surface area contributed by atoms with E-state index in [-0.39, 0.29) is 11.8 Å². The molecule has 0 saturated heterocycles. The van der Waals surface area contributed by atoms with Crippen LogP contribution >= 0.6 is 0 Å². The van der Waals surface area contributed by atoms with Crippen molar-refractivity contribution in [2.45, 2.75) is 19.5 Å². The van der Waals surface area contributed by atoms with Crippen LogP contribution in [0.25, 0.3) is 0 Å². The molecule has 0 aliphatic heterocycles. The number of anilines is 1. The van der Waals surface area contributed by atoms with Crippen molar-refractivity contribution in [2.24, 2.45) is 0 Å². The monoisotopic (exact) mass is 401 g/mol. The lowest BCUT2D eigenvalue weighted by atomic mass is 10.0. The van der Waals surface area contributed by atoms with Crippen LogP contribution in [-0.4, -0.2) is 30.8 Å². The Kier molecular flexibility index (Phi) is 6.99. The molecule has 0 unspecified atom stereocenters. The number of amides is 2. The molecule has 0 saturated carbocycles. The van der Waals surface area contributed by atoms with Gasteiger partial charge in [-0.15, -0.1) is 0 Å². The minimum Gasteiger partial charge on any atom is -0.355 e.